The Morgan fingerprint density at radius 1 is 1.07 bits per heavy atom. The molecule has 0 aliphatic rings. The lowest BCUT2D eigenvalue weighted by Crippen LogP contribution is -2.40. The number of anilines is 1. The fraction of sp³-hybridized carbons (Fsp3) is 0.400. The van der Waals surface area contributed by atoms with Gasteiger partial charge < -0.3 is 14.5 Å². The van der Waals surface area contributed by atoms with E-state index in [0.717, 1.165) is 12.8 Å². The van der Waals surface area contributed by atoms with Crippen LogP contribution < -0.4 is 10.0 Å². The van der Waals surface area contributed by atoms with Gasteiger partial charge in [0.1, 0.15) is 0 Å². The van der Waals surface area contributed by atoms with E-state index in [4.69, 9.17) is 9.15 Å². The van der Waals surface area contributed by atoms with Crippen LogP contribution in [0.3, 0.4) is 0 Å². The van der Waals surface area contributed by atoms with Gasteiger partial charge >= 0.3 is 5.97 Å². The van der Waals surface area contributed by atoms with Gasteiger partial charge in [0.15, 0.2) is 5.76 Å². The van der Waals surface area contributed by atoms with Gasteiger partial charge in [-0.2, -0.15) is 0 Å². The Kier molecular flexibility index (Phi) is 7.21. The van der Waals surface area contributed by atoms with Crippen molar-refractivity contribution in [3.05, 3.63) is 47.7 Å². The third-order valence-corrected chi connectivity index (χ3v) is 5.25. The van der Waals surface area contributed by atoms with Crippen LogP contribution in [0, 0.1) is 0 Å². The van der Waals surface area contributed by atoms with Gasteiger partial charge in [-0.25, -0.2) is 17.9 Å². The Labute approximate surface area is 170 Å². The number of carbonyl (C=O) groups is 2. The van der Waals surface area contributed by atoms with Crippen molar-refractivity contribution in [1.82, 2.24) is 4.72 Å². The highest BCUT2D eigenvalue weighted by Crippen LogP contribution is 2.18. The maximum atomic E-state index is 12.3. The molecule has 158 valence electrons. The summed E-state index contributed by atoms with van der Waals surface area (Å²) in [5, 5.41) is 2.24. The molecule has 9 heteroatoms. The van der Waals surface area contributed by atoms with E-state index in [1.807, 2.05) is 6.92 Å². The zero-order valence-electron chi connectivity index (χ0n) is 16.9. The number of unbranched alkanes of at least 4 members (excludes halogenated alkanes) is 1. The van der Waals surface area contributed by atoms with Crippen molar-refractivity contribution in [2.45, 2.75) is 51.2 Å². The summed E-state index contributed by atoms with van der Waals surface area (Å²) in [5.74, 6) is -1.19. The smallest absolute Gasteiger partial charge is 0.338 e. The lowest BCUT2D eigenvalue weighted by atomic mass is 10.1. The molecule has 1 heterocycles. The summed E-state index contributed by atoms with van der Waals surface area (Å²) in [6.45, 7) is 7.46. The first-order valence-electron chi connectivity index (χ1n) is 9.24. The fourth-order valence-electron chi connectivity index (χ4n) is 2.31. The van der Waals surface area contributed by atoms with Crippen molar-refractivity contribution in [3.8, 4) is 0 Å². The topological polar surface area (TPSA) is 115 Å². The Balaban J connectivity index is 2.02. The summed E-state index contributed by atoms with van der Waals surface area (Å²) >= 11 is 0. The Hall–Kier alpha value is -2.65. The molecule has 0 fully saturated rings. The van der Waals surface area contributed by atoms with Crippen LogP contribution in [-0.4, -0.2) is 32.4 Å². The predicted octanol–water partition coefficient (Wildman–Crippen LogP) is 3.57. The van der Waals surface area contributed by atoms with Gasteiger partial charge in [-0.1, -0.05) is 13.3 Å². The third-order valence-electron chi connectivity index (χ3n) is 3.62. The van der Waals surface area contributed by atoms with Gasteiger partial charge in [-0.3, -0.25) is 4.79 Å². The normalized spacial score (nSPS) is 11.9. The van der Waals surface area contributed by atoms with Crippen LogP contribution in [0.5, 0.6) is 0 Å². The van der Waals surface area contributed by atoms with E-state index in [-0.39, 0.29) is 10.9 Å². The maximum Gasteiger partial charge on any atom is 0.338 e. The number of esters is 1. The summed E-state index contributed by atoms with van der Waals surface area (Å²) in [7, 11) is -3.88. The van der Waals surface area contributed by atoms with E-state index in [1.54, 1.807) is 32.9 Å². The molecular weight excluding hydrogens is 396 g/mol. The van der Waals surface area contributed by atoms with Crippen LogP contribution in [-0.2, 0) is 14.8 Å². The quantitative estimate of drug-likeness (QED) is 0.496. The van der Waals surface area contributed by atoms with E-state index in [1.165, 1.54) is 24.3 Å². The number of carbonyl (C=O) groups excluding carboxylic acids is 2. The Bertz CT molecular complexity index is 956. The molecule has 1 aromatic carbocycles. The Morgan fingerprint density at radius 2 is 1.72 bits per heavy atom. The van der Waals surface area contributed by atoms with Gasteiger partial charge in [-0.05, 0) is 63.6 Å². The molecule has 2 rings (SSSR count). The molecule has 2 N–H and O–H groups in total. The molecule has 1 amide bonds. The summed E-state index contributed by atoms with van der Waals surface area (Å²) in [6.07, 6.45) is 1.73. The first kappa shape index (κ1) is 22.6. The van der Waals surface area contributed by atoms with Crippen LogP contribution in [0.1, 0.15) is 61.4 Å². The van der Waals surface area contributed by atoms with Gasteiger partial charge in [0.05, 0.1) is 12.2 Å². The molecular formula is C20H26N2O6S. The molecule has 2 aromatic rings. The van der Waals surface area contributed by atoms with Gasteiger partial charge in [-0.15, -0.1) is 0 Å². The monoisotopic (exact) mass is 422 g/mol. The van der Waals surface area contributed by atoms with E-state index >= 15 is 0 Å². The zero-order valence-corrected chi connectivity index (χ0v) is 17.8. The zero-order chi connectivity index (χ0) is 21.7. The van der Waals surface area contributed by atoms with Gasteiger partial charge in [0.2, 0.25) is 5.09 Å². The molecule has 0 saturated heterocycles. The minimum atomic E-state index is -3.88. The lowest BCUT2D eigenvalue weighted by Gasteiger charge is -2.18. The van der Waals surface area contributed by atoms with E-state index in [9.17, 15) is 18.0 Å². The highest BCUT2D eigenvalue weighted by molar-refractivity contribution is 7.89. The number of amides is 1. The molecule has 0 aliphatic heterocycles. The second-order valence-corrected chi connectivity index (χ2v) is 9.11. The van der Waals surface area contributed by atoms with Crippen molar-refractivity contribution in [2.75, 3.05) is 11.9 Å². The fourth-order valence-corrected chi connectivity index (χ4v) is 3.67. The second kappa shape index (κ2) is 9.23. The maximum absolute atomic E-state index is 12.3. The number of furan rings is 1. The molecule has 1 aromatic heterocycles. The average Bonchev–Trinajstić information content (AvgIpc) is 3.12. The van der Waals surface area contributed by atoms with Crippen molar-refractivity contribution >= 4 is 27.6 Å². The molecule has 0 saturated carbocycles. The van der Waals surface area contributed by atoms with Crippen molar-refractivity contribution in [2.24, 2.45) is 0 Å². The Morgan fingerprint density at radius 3 is 2.31 bits per heavy atom. The van der Waals surface area contributed by atoms with Crippen LogP contribution in [0.4, 0.5) is 5.69 Å². The minimum absolute atomic E-state index is 0.151. The molecule has 8 nitrogen and oxygen atoms in total. The second-order valence-electron chi connectivity index (χ2n) is 7.50. The predicted molar refractivity (Wildman–Crippen MR) is 108 cm³/mol. The number of hydrogen-bond acceptors (Lipinski definition) is 6. The molecule has 0 radical (unpaired) electrons. The number of nitrogens with one attached hydrogen (secondary N) is 2. The standard InChI is InChI=1S/C20H26N2O6S/c1-5-6-13-27-19(24)14-7-9-15(10-8-14)21-18(23)16-11-12-17(28-16)29(25,26)22-20(2,3)4/h7-12,22H,5-6,13H2,1-4H3,(H,21,23). The number of sulfonamides is 1. The first-order chi connectivity index (χ1) is 13.5. The number of hydrogen-bond donors (Lipinski definition) is 2. The molecule has 29 heavy (non-hydrogen) atoms. The molecule has 0 aliphatic carbocycles. The van der Waals surface area contributed by atoms with Crippen LogP contribution in [0.15, 0.2) is 45.9 Å². The van der Waals surface area contributed by atoms with Crippen molar-refractivity contribution in [1.29, 1.82) is 0 Å². The molecule has 0 unspecified atom stereocenters. The number of benzene rings is 1. The molecule has 0 bridgehead atoms. The van der Waals surface area contributed by atoms with Crippen molar-refractivity contribution < 1.29 is 27.2 Å². The van der Waals surface area contributed by atoms with Crippen LogP contribution >= 0.6 is 0 Å². The summed E-state index contributed by atoms with van der Waals surface area (Å²) in [6, 6.07) is 8.68. The van der Waals surface area contributed by atoms with Gasteiger partial charge in [0.25, 0.3) is 15.9 Å². The molecule has 0 atom stereocenters. The third kappa shape index (κ3) is 6.72. The number of ether oxygens (including phenoxy) is 1. The highest BCUT2D eigenvalue weighted by atomic mass is 32.2. The number of rotatable bonds is 8. The highest BCUT2D eigenvalue weighted by Gasteiger charge is 2.26. The average molecular weight is 423 g/mol. The first-order valence-corrected chi connectivity index (χ1v) is 10.7. The minimum Gasteiger partial charge on any atom is -0.462 e. The lowest BCUT2D eigenvalue weighted by molar-refractivity contribution is 0.0499. The SMILES string of the molecule is CCCCOC(=O)c1ccc(NC(=O)c2ccc(S(=O)(=O)NC(C)(C)C)o2)cc1. The van der Waals surface area contributed by atoms with Gasteiger partial charge in [0, 0.05) is 11.2 Å². The van der Waals surface area contributed by atoms with E-state index < -0.39 is 27.4 Å². The summed E-state index contributed by atoms with van der Waals surface area (Å²) in [5.41, 5.74) is 0.112. The van der Waals surface area contributed by atoms with E-state index in [2.05, 4.69) is 10.0 Å². The summed E-state index contributed by atoms with van der Waals surface area (Å²) < 4.78 is 37.3. The van der Waals surface area contributed by atoms with Crippen LogP contribution in [0.25, 0.3) is 0 Å². The largest absolute Gasteiger partial charge is 0.462 e. The van der Waals surface area contributed by atoms with Crippen molar-refractivity contribution in [3.63, 3.8) is 0 Å². The summed E-state index contributed by atoms with van der Waals surface area (Å²) in [4.78, 5) is 24.2. The van der Waals surface area contributed by atoms with Crippen LogP contribution in [0.2, 0.25) is 0 Å². The molecule has 0 spiro atoms. The van der Waals surface area contributed by atoms with E-state index in [0.29, 0.717) is 17.9 Å².